The van der Waals surface area contributed by atoms with Crippen molar-refractivity contribution in [1.82, 2.24) is 4.98 Å². The number of aliphatic carboxylic acids is 1. The Labute approximate surface area is 162 Å². The van der Waals surface area contributed by atoms with E-state index in [2.05, 4.69) is 10.3 Å². The number of hydrogen-bond donors (Lipinski definition) is 3. The largest absolute Gasteiger partial charge is 0.478 e. The first-order valence-corrected chi connectivity index (χ1v) is 8.90. The molecule has 1 aliphatic rings. The Hall–Kier alpha value is -3.37. The summed E-state index contributed by atoms with van der Waals surface area (Å²) in [5.41, 5.74) is 4.37. The van der Waals surface area contributed by atoms with Gasteiger partial charge in [-0.3, -0.25) is 0 Å². The fraction of sp³-hybridized carbons (Fsp3) is 0.286. The van der Waals surface area contributed by atoms with Crippen molar-refractivity contribution >= 4 is 11.7 Å². The van der Waals surface area contributed by atoms with Crippen LogP contribution >= 0.6 is 0 Å². The third-order valence-corrected chi connectivity index (χ3v) is 4.83. The van der Waals surface area contributed by atoms with E-state index < -0.39 is 11.9 Å². The Bertz CT molecular complexity index is 1020. The van der Waals surface area contributed by atoms with Crippen molar-refractivity contribution in [3.8, 4) is 11.9 Å². The molecule has 1 atom stereocenters. The van der Waals surface area contributed by atoms with E-state index in [1.54, 1.807) is 31.3 Å². The lowest BCUT2D eigenvalue weighted by Crippen LogP contribution is -2.25. The second-order valence-electron chi connectivity index (χ2n) is 6.55. The second kappa shape index (κ2) is 7.71. The molecule has 7 heteroatoms. The van der Waals surface area contributed by atoms with E-state index in [4.69, 9.17) is 4.74 Å². The number of carbonyl (C=O) groups is 1. The Morgan fingerprint density at radius 3 is 2.75 bits per heavy atom. The molecule has 1 aromatic carbocycles. The maximum absolute atomic E-state index is 12.2. The number of hydrogen-bond acceptors (Lipinski definition) is 6. The Morgan fingerprint density at radius 2 is 2.14 bits per heavy atom. The summed E-state index contributed by atoms with van der Waals surface area (Å²) in [6, 6.07) is 6.94. The molecule has 3 rings (SSSR count). The number of aromatic nitrogens is 1. The summed E-state index contributed by atoms with van der Waals surface area (Å²) in [4.78, 5) is 16.5. The number of carboxylic acids is 1. The van der Waals surface area contributed by atoms with Crippen LogP contribution in [0.15, 0.2) is 35.7 Å². The van der Waals surface area contributed by atoms with Crippen LogP contribution in [0, 0.1) is 18.3 Å². The molecule has 2 aromatic rings. The van der Waals surface area contributed by atoms with Gasteiger partial charge >= 0.3 is 5.97 Å². The van der Waals surface area contributed by atoms with Crippen molar-refractivity contribution in [2.24, 2.45) is 0 Å². The molecule has 2 heterocycles. The van der Waals surface area contributed by atoms with Gasteiger partial charge in [0.05, 0.1) is 47.6 Å². The van der Waals surface area contributed by atoms with E-state index in [1.165, 1.54) is 0 Å². The lowest BCUT2D eigenvalue weighted by Gasteiger charge is -2.32. The van der Waals surface area contributed by atoms with Gasteiger partial charge in [0.2, 0.25) is 5.88 Å². The number of aliphatic hydroxyl groups is 1. The molecule has 0 bridgehead atoms. The summed E-state index contributed by atoms with van der Waals surface area (Å²) in [5, 5.41) is 32.2. The lowest BCUT2D eigenvalue weighted by atomic mass is 9.78. The summed E-state index contributed by atoms with van der Waals surface area (Å²) in [5.74, 6) is -1.42. The quantitative estimate of drug-likeness (QED) is 0.731. The summed E-state index contributed by atoms with van der Waals surface area (Å²) in [6.07, 6.45) is 1.68. The van der Waals surface area contributed by atoms with Crippen molar-refractivity contribution in [3.63, 3.8) is 0 Å². The Kier molecular flexibility index (Phi) is 5.34. The fourth-order valence-corrected chi connectivity index (χ4v) is 3.60. The number of ether oxygens (including phenoxy) is 1. The highest BCUT2D eigenvalue weighted by molar-refractivity contribution is 5.94. The minimum Gasteiger partial charge on any atom is -0.478 e. The van der Waals surface area contributed by atoms with Crippen LogP contribution in [-0.4, -0.2) is 27.8 Å². The summed E-state index contributed by atoms with van der Waals surface area (Å²) < 4.78 is 5.71. The van der Waals surface area contributed by atoms with Crippen molar-refractivity contribution in [1.29, 1.82) is 5.26 Å². The molecule has 0 aliphatic carbocycles. The molecule has 144 valence electrons. The number of aryl methyl sites for hydroxylation is 1. The zero-order chi connectivity index (χ0) is 20.4. The van der Waals surface area contributed by atoms with Gasteiger partial charge in [-0.05, 0) is 49.6 Å². The smallest absolute Gasteiger partial charge is 0.334 e. The molecule has 0 saturated heterocycles. The predicted octanol–water partition coefficient (Wildman–Crippen LogP) is 3.07. The SMILES string of the molecule is CCOc1ncc(C)c2c1[C@H](c1ccc(C#N)cc1CO)C(C(=O)O)=C(C)N2. The van der Waals surface area contributed by atoms with Crippen molar-refractivity contribution in [3.05, 3.63) is 63.5 Å². The van der Waals surface area contributed by atoms with E-state index in [0.717, 1.165) is 11.3 Å². The van der Waals surface area contributed by atoms with Crippen molar-refractivity contribution < 1.29 is 19.7 Å². The number of nitrogens with one attached hydrogen (secondary N) is 1. The van der Waals surface area contributed by atoms with Crippen LogP contribution in [0.1, 0.15) is 47.6 Å². The average molecular weight is 379 g/mol. The number of nitriles is 1. The number of benzene rings is 1. The van der Waals surface area contributed by atoms with E-state index in [1.807, 2.05) is 19.9 Å². The van der Waals surface area contributed by atoms with E-state index >= 15 is 0 Å². The van der Waals surface area contributed by atoms with Gasteiger partial charge < -0.3 is 20.3 Å². The first-order chi connectivity index (χ1) is 13.4. The highest BCUT2D eigenvalue weighted by Gasteiger charge is 2.37. The first kappa shape index (κ1) is 19.4. The van der Waals surface area contributed by atoms with E-state index in [-0.39, 0.29) is 12.2 Å². The molecule has 28 heavy (non-hydrogen) atoms. The highest BCUT2D eigenvalue weighted by atomic mass is 16.5. The van der Waals surface area contributed by atoms with Crippen molar-refractivity contribution in [2.75, 3.05) is 11.9 Å². The van der Waals surface area contributed by atoms with Gasteiger partial charge in [0.1, 0.15) is 0 Å². The predicted molar refractivity (Wildman–Crippen MR) is 103 cm³/mol. The van der Waals surface area contributed by atoms with Crippen LogP contribution in [-0.2, 0) is 11.4 Å². The van der Waals surface area contributed by atoms with Gasteiger partial charge in [-0.25, -0.2) is 9.78 Å². The Balaban J connectivity index is 2.37. The number of nitrogens with zero attached hydrogens (tertiary/aromatic N) is 2. The van der Waals surface area contributed by atoms with Crippen molar-refractivity contribution in [2.45, 2.75) is 33.3 Å². The maximum Gasteiger partial charge on any atom is 0.334 e. The zero-order valence-electron chi connectivity index (χ0n) is 15.9. The lowest BCUT2D eigenvalue weighted by molar-refractivity contribution is -0.133. The maximum atomic E-state index is 12.2. The first-order valence-electron chi connectivity index (χ1n) is 8.90. The molecule has 0 unspecified atom stereocenters. The molecule has 0 amide bonds. The third kappa shape index (κ3) is 3.19. The number of anilines is 1. The summed E-state index contributed by atoms with van der Waals surface area (Å²) in [6.45, 7) is 5.48. The van der Waals surface area contributed by atoms with E-state index in [0.29, 0.717) is 40.4 Å². The monoisotopic (exact) mass is 379 g/mol. The number of fused-ring (bicyclic) bond motifs is 1. The zero-order valence-corrected chi connectivity index (χ0v) is 15.9. The number of pyridine rings is 1. The standard InChI is InChI=1S/C21H21N3O4/c1-4-28-20-18-17(15-6-5-13(8-22)7-14(15)10-25)16(21(26)27)12(3)24-19(18)11(2)9-23-20/h5-7,9,17,24-25H,4,10H2,1-3H3,(H,26,27)/t17-/m1/s1. The minimum absolute atomic E-state index is 0.153. The fourth-order valence-electron chi connectivity index (χ4n) is 3.60. The van der Waals surface area contributed by atoms with Crippen LogP contribution in [0.25, 0.3) is 0 Å². The molecule has 0 spiro atoms. The highest BCUT2D eigenvalue weighted by Crippen LogP contribution is 2.47. The van der Waals surface area contributed by atoms with Crippen LogP contribution in [0.4, 0.5) is 5.69 Å². The van der Waals surface area contributed by atoms with Crippen LogP contribution < -0.4 is 10.1 Å². The third-order valence-electron chi connectivity index (χ3n) is 4.83. The van der Waals surface area contributed by atoms with Gasteiger partial charge in [0.25, 0.3) is 0 Å². The number of rotatable bonds is 5. The van der Waals surface area contributed by atoms with Gasteiger partial charge in [-0.2, -0.15) is 5.26 Å². The van der Waals surface area contributed by atoms with Gasteiger partial charge in [0.15, 0.2) is 0 Å². The molecular formula is C21H21N3O4. The molecule has 7 nitrogen and oxygen atoms in total. The Morgan fingerprint density at radius 1 is 1.39 bits per heavy atom. The van der Waals surface area contributed by atoms with Crippen LogP contribution in [0.2, 0.25) is 0 Å². The van der Waals surface area contributed by atoms with Gasteiger partial charge in [-0.15, -0.1) is 0 Å². The van der Waals surface area contributed by atoms with E-state index in [9.17, 15) is 20.3 Å². The molecular weight excluding hydrogens is 358 g/mol. The molecule has 1 aromatic heterocycles. The number of aliphatic hydroxyl groups excluding tert-OH is 1. The number of carboxylic acid groups (broad SMARTS) is 1. The minimum atomic E-state index is -1.07. The molecule has 1 aliphatic heterocycles. The van der Waals surface area contributed by atoms with Gasteiger partial charge in [0, 0.05) is 11.9 Å². The molecule has 0 fully saturated rings. The van der Waals surface area contributed by atoms with Crippen LogP contribution in [0.3, 0.4) is 0 Å². The molecule has 0 radical (unpaired) electrons. The molecule has 3 N–H and O–H groups in total. The topological polar surface area (TPSA) is 115 Å². The summed E-state index contributed by atoms with van der Waals surface area (Å²) >= 11 is 0. The van der Waals surface area contributed by atoms with Crippen LogP contribution in [0.5, 0.6) is 5.88 Å². The molecule has 0 saturated carbocycles. The summed E-state index contributed by atoms with van der Waals surface area (Å²) in [7, 11) is 0. The number of allylic oxidation sites excluding steroid dienone is 1. The van der Waals surface area contributed by atoms with Gasteiger partial charge in [-0.1, -0.05) is 6.07 Å². The average Bonchev–Trinajstić information content (AvgIpc) is 2.68. The normalized spacial score (nSPS) is 15.5. The second-order valence-corrected chi connectivity index (χ2v) is 6.55.